The van der Waals surface area contributed by atoms with Crippen molar-refractivity contribution in [2.24, 2.45) is 0 Å². The lowest BCUT2D eigenvalue weighted by Gasteiger charge is -2.24. The number of hydrogen-bond acceptors (Lipinski definition) is 5. The van der Waals surface area contributed by atoms with Crippen LogP contribution in [0, 0.1) is 10.1 Å². The molecule has 1 fully saturated rings. The van der Waals surface area contributed by atoms with Gasteiger partial charge in [0.25, 0.3) is 11.6 Å². The molecule has 3 rings (SSSR count). The molecule has 0 saturated heterocycles. The summed E-state index contributed by atoms with van der Waals surface area (Å²) in [6.45, 7) is 1.95. The van der Waals surface area contributed by atoms with E-state index in [1.165, 1.54) is 12.1 Å². The van der Waals surface area contributed by atoms with Crippen LogP contribution >= 0.6 is 0 Å². The maximum Gasteiger partial charge on any atom is 0.269 e. The lowest BCUT2D eigenvalue weighted by atomic mass is 10.1. The highest BCUT2D eigenvalue weighted by Crippen LogP contribution is 2.24. The van der Waals surface area contributed by atoms with Crippen molar-refractivity contribution in [2.75, 3.05) is 18.9 Å². The van der Waals surface area contributed by atoms with Crippen molar-refractivity contribution < 1.29 is 14.5 Å². The smallest absolute Gasteiger partial charge is 0.269 e. The number of amides is 2. The Morgan fingerprint density at radius 3 is 2.62 bits per heavy atom. The Morgan fingerprint density at radius 1 is 1.21 bits per heavy atom. The van der Waals surface area contributed by atoms with E-state index in [1.54, 1.807) is 48.3 Å². The number of nitrogens with one attached hydrogen (secondary N) is 2. The van der Waals surface area contributed by atoms with Gasteiger partial charge in [-0.2, -0.15) is 0 Å². The van der Waals surface area contributed by atoms with E-state index in [4.69, 9.17) is 0 Å². The van der Waals surface area contributed by atoms with Crippen LogP contribution in [-0.4, -0.2) is 41.3 Å². The number of nitro benzene ring substituents is 1. The second-order valence-electron chi connectivity index (χ2n) is 7.28. The van der Waals surface area contributed by atoms with Crippen LogP contribution in [0.2, 0.25) is 0 Å². The summed E-state index contributed by atoms with van der Waals surface area (Å²) in [5.41, 5.74) is 1.66. The first kappa shape index (κ1) is 20.5. The van der Waals surface area contributed by atoms with Crippen molar-refractivity contribution in [1.29, 1.82) is 0 Å². The highest BCUT2D eigenvalue weighted by Gasteiger charge is 2.25. The Bertz CT molecular complexity index is 926. The molecule has 0 heterocycles. The first-order valence-electron chi connectivity index (χ1n) is 9.49. The van der Waals surface area contributed by atoms with Crippen LogP contribution in [0.25, 0.3) is 0 Å². The maximum atomic E-state index is 12.6. The maximum absolute atomic E-state index is 12.6. The van der Waals surface area contributed by atoms with Gasteiger partial charge in [0.05, 0.1) is 22.7 Å². The van der Waals surface area contributed by atoms with E-state index in [-0.39, 0.29) is 36.1 Å². The van der Waals surface area contributed by atoms with Crippen molar-refractivity contribution in [3.8, 4) is 0 Å². The summed E-state index contributed by atoms with van der Waals surface area (Å²) in [5.74, 6) is -0.460. The molecule has 1 aliphatic rings. The highest BCUT2D eigenvalue weighted by molar-refractivity contribution is 6.04. The van der Waals surface area contributed by atoms with Gasteiger partial charge in [0.15, 0.2) is 0 Å². The Labute approximate surface area is 169 Å². The Balaban J connectivity index is 1.64. The summed E-state index contributed by atoms with van der Waals surface area (Å²) in [6.07, 6.45) is 1.97. The summed E-state index contributed by atoms with van der Waals surface area (Å²) in [6, 6.07) is 13.3. The number of para-hydroxylation sites is 1. The second kappa shape index (κ2) is 8.83. The predicted molar refractivity (Wildman–Crippen MR) is 110 cm³/mol. The molecule has 2 amide bonds. The van der Waals surface area contributed by atoms with Gasteiger partial charge < -0.3 is 10.6 Å². The zero-order chi connectivity index (χ0) is 21.0. The molecule has 1 unspecified atom stereocenters. The summed E-state index contributed by atoms with van der Waals surface area (Å²) >= 11 is 0. The average Bonchev–Trinajstić information content (AvgIpc) is 3.51. The van der Waals surface area contributed by atoms with Crippen LogP contribution in [0.15, 0.2) is 48.5 Å². The minimum atomic E-state index is -0.438. The monoisotopic (exact) mass is 396 g/mol. The number of anilines is 1. The van der Waals surface area contributed by atoms with Crippen LogP contribution in [0.4, 0.5) is 11.4 Å². The lowest BCUT2D eigenvalue weighted by Crippen LogP contribution is -2.33. The van der Waals surface area contributed by atoms with Crippen molar-refractivity contribution in [2.45, 2.75) is 31.8 Å². The van der Waals surface area contributed by atoms with E-state index in [0.717, 1.165) is 18.4 Å². The molecule has 0 aliphatic heterocycles. The number of rotatable bonds is 8. The first-order valence-corrected chi connectivity index (χ1v) is 9.49. The van der Waals surface area contributed by atoms with Gasteiger partial charge in [0.2, 0.25) is 5.91 Å². The predicted octanol–water partition coefficient (Wildman–Crippen LogP) is 3.12. The van der Waals surface area contributed by atoms with Crippen LogP contribution in [0.3, 0.4) is 0 Å². The molecule has 0 radical (unpaired) electrons. The molecule has 2 aromatic rings. The van der Waals surface area contributed by atoms with Crippen molar-refractivity contribution in [3.63, 3.8) is 0 Å². The molecule has 2 aromatic carbocycles. The van der Waals surface area contributed by atoms with E-state index in [2.05, 4.69) is 10.6 Å². The standard InChI is InChI=1S/C21H24N4O4/c1-14(15-6-5-7-17(12-15)25(28)29)24(2)13-20(26)23-19-9-4-3-8-18(19)21(27)22-16-10-11-16/h3-9,12,14,16H,10-11,13H2,1-2H3,(H,22,27)(H,23,26). The van der Waals surface area contributed by atoms with Crippen LogP contribution in [-0.2, 0) is 4.79 Å². The van der Waals surface area contributed by atoms with Gasteiger partial charge in [-0.15, -0.1) is 0 Å². The molecule has 8 heteroatoms. The topological polar surface area (TPSA) is 105 Å². The van der Waals surface area contributed by atoms with Gasteiger partial charge >= 0.3 is 0 Å². The zero-order valence-corrected chi connectivity index (χ0v) is 16.4. The van der Waals surface area contributed by atoms with Crippen LogP contribution in [0.5, 0.6) is 0 Å². The Kier molecular flexibility index (Phi) is 6.23. The summed E-state index contributed by atoms with van der Waals surface area (Å²) in [5, 5.41) is 16.7. The normalized spacial score (nSPS) is 14.3. The molecule has 0 aromatic heterocycles. The number of nitrogens with zero attached hydrogens (tertiary/aromatic N) is 2. The van der Waals surface area contributed by atoms with Crippen molar-refractivity contribution >= 4 is 23.2 Å². The average molecular weight is 396 g/mol. The minimum absolute atomic E-state index is 0.0165. The summed E-state index contributed by atoms with van der Waals surface area (Å²) in [7, 11) is 1.77. The molecule has 152 valence electrons. The number of hydrogen-bond donors (Lipinski definition) is 2. The zero-order valence-electron chi connectivity index (χ0n) is 16.4. The molecule has 1 aliphatic carbocycles. The first-order chi connectivity index (χ1) is 13.8. The third-order valence-electron chi connectivity index (χ3n) is 4.98. The van der Waals surface area contributed by atoms with Gasteiger partial charge in [0, 0.05) is 24.2 Å². The molecule has 0 spiro atoms. The third kappa shape index (κ3) is 5.39. The fraction of sp³-hybridized carbons (Fsp3) is 0.333. The third-order valence-corrected chi connectivity index (χ3v) is 4.98. The quantitative estimate of drug-likeness (QED) is 0.527. The molecule has 2 N–H and O–H groups in total. The van der Waals surface area contributed by atoms with Gasteiger partial charge in [-0.1, -0.05) is 24.3 Å². The molecule has 0 bridgehead atoms. The fourth-order valence-corrected chi connectivity index (χ4v) is 2.99. The van der Waals surface area contributed by atoms with E-state index in [0.29, 0.717) is 11.3 Å². The SMILES string of the molecule is CC(c1cccc([N+](=O)[O-])c1)N(C)CC(=O)Nc1ccccc1C(=O)NC1CC1. The van der Waals surface area contributed by atoms with Gasteiger partial charge in [-0.05, 0) is 44.5 Å². The Morgan fingerprint density at radius 2 is 1.93 bits per heavy atom. The van der Waals surface area contributed by atoms with Gasteiger partial charge in [-0.3, -0.25) is 24.6 Å². The summed E-state index contributed by atoms with van der Waals surface area (Å²) < 4.78 is 0. The molecular formula is C21H24N4O4. The number of carbonyl (C=O) groups excluding carboxylic acids is 2. The van der Waals surface area contributed by atoms with E-state index in [1.807, 2.05) is 6.92 Å². The molecule has 1 saturated carbocycles. The number of non-ortho nitro benzene ring substituents is 1. The van der Waals surface area contributed by atoms with E-state index in [9.17, 15) is 19.7 Å². The summed E-state index contributed by atoms with van der Waals surface area (Å²) in [4.78, 5) is 37.3. The largest absolute Gasteiger partial charge is 0.349 e. The van der Waals surface area contributed by atoms with Crippen molar-refractivity contribution in [3.05, 3.63) is 69.8 Å². The number of nitro groups is 1. The molecule has 1 atom stereocenters. The highest BCUT2D eigenvalue weighted by atomic mass is 16.6. The van der Waals surface area contributed by atoms with Crippen LogP contribution < -0.4 is 10.6 Å². The second-order valence-corrected chi connectivity index (χ2v) is 7.28. The van der Waals surface area contributed by atoms with Gasteiger partial charge in [-0.25, -0.2) is 0 Å². The molecular weight excluding hydrogens is 372 g/mol. The fourth-order valence-electron chi connectivity index (χ4n) is 2.99. The number of carbonyl (C=O) groups is 2. The van der Waals surface area contributed by atoms with Crippen LogP contribution in [0.1, 0.15) is 41.7 Å². The number of benzene rings is 2. The van der Waals surface area contributed by atoms with Gasteiger partial charge in [0.1, 0.15) is 0 Å². The molecule has 29 heavy (non-hydrogen) atoms. The van der Waals surface area contributed by atoms with E-state index >= 15 is 0 Å². The molecule has 8 nitrogen and oxygen atoms in total. The Hall–Kier alpha value is -3.26. The van der Waals surface area contributed by atoms with Crippen molar-refractivity contribution in [1.82, 2.24) is 10.2 Å². The lowest BCUT2D eigenvalue weighted by molar-refractivity contribution is -0.384. The number of likely N-dealkylation sites (N-methyl/N-ethyl adjacent to an activating group) is 1. The minimum Gasteiger partial charge on any atom is -0.349 e. The van der Waals surface area contributed by atoms with E-state index < -0.39 is 4.92 Å².